The van der Waals surface area contributed by atoms with Gasteiger partial charge in [-0.05, 0) is 31.4 Å². The van der Waals surface area contributed by atoms with Crippen LogP contribution in [-0.4, -0.2) is 40.5 Å². The van der Waals surface area contributed by atoms with Crippen LogP contribution in [0.3, 0.4) is 0 Å². The van der Waals surface area contributed by atoms with Crippen LogP contribution in [-0.2, 0) is 22.5 Å². The summed E-state index contributed by atoms with van der Waals surface area (Å²) in [5.74, 6) is -1.51. The monoisotopic (exact) mass is 556 g/mol. The highest BCUT2D eigenvalue weighted by Crippen LogP contribution is 2.40. The van der Waals surface area contributed by atoms with E-state index in [0.29, 0.717) is 11.4 Å². The zero-order valence-electron chi connectivity index (χ0n) is 20.1. The molecule has 0 bridgehead atoms. The minimum atomic E-state index is -4.88. The van der Waals surface area contributed by atoms with Gasteiger partial charge in [-0.2, -0.15) is 5.10 Å². The molecule has 1 amide bonds. The van der Waals surface area contributed by atoms with Crippen molar-refractivity contribution in [1.29, 1.82) is 0 Å². The Morgan fingerprint density at radius 3 is 2.64 bits per heavy atom. The van der Waals surface area contributed by atoms with Crippen molar-refractivity contribution in [3.63, 3.8) is 0 Å². The van der Waals surface area contributed by atoms with Crippen molar-refractivity contribution in [2.75, 3.05) is 4.31 Å². The van der Waals surface area contributed by atoms with Gasteiger partial charge in [-0.25, -0.2) is 22.6 Å². The van der Waals surface area contributed by atoms with Gasteiger partial charge < -0.3 is 9.84 Å². The molecule has 2 atom stereocenters. The molecule has 13 heteroatoms. The molecule has 4 rings (SSSR count). The first-order valence-corrected chi connectivity index (χ1v) is 13.9. The maximum atomic E-state index is 15.2. The maximum absolute atomic E-state index is 15.2. The van der Waals surface area contributed by atoms with E-state index in [0.717, 1.165) is 42.0 Å². The Hall–Kier alpha value is -2.70. The summed E-state index contributed by atoms with van der Waals surface area (Å²) in [6.07, 6.45) is 2.03. The van der Waals surface area contributed by atoms with Crippen molar-refractivity contribution in [3.05, 3.63) is 51.3 Å². The van der Waals surface area contributed by atoms with Gasteiger partial charge in [-0.1, -0.05) is 32.4 Å². The molecule has 3 aromatic rings. The first-order valence-electron chi connectivity index (χ1n) is 11.2. The third-order valence-electron chi connectivity index (χ3n) is 5.99. The van der Waals surface area contributed by atoms with Crippen LogP contribution in [0.4, 0.5) is 15.0 Å². The van der Waals surface area contributed by atoms with Crippen LogP contribution >= 0.6 is 22.9 Å². The lowest BCUT2D eigenvalue weighted by Gasteiger charge is -2.23. The summed E-state index contributed by atoms with van der Waals surface area (Å²) >= 11 is 7.45. The number of amides is 1. The quantitative estimate of drug-likeness (QED) is 0.423. The molecular formula is C23H26ClFN4O5S2. The van der Waals surface area contributed by atoms with E-state index in [2.05, 4.69) is 10.1 Å². The van der Waals surface area contributed by atoms with Crippen molar-refractivity contribution >= 4 is 44.9 Å². The number of thiazole rings is 1. The highest BCUT2D eigenvalue weighted by Gasteiger charge is 2.37. The van der Waals surface area contributed by atoms with Crippen LogP contribution in [0.25, 0.3) is 0 Å². The molecule has 1 saturated carbocycles. The second-order valence-electron chi connectivity index (χ2n) is 9.60. The number of hydrogen-bond acceptors (Lipinski definition) is 7. The van der Waals surface area contributed by atoms with Crippen LogP contribution in [0.15, 0.2) is 34.7 Å². The van der Waals surface area contributed by atoms with Gasteiger partial charge in [0.2, 0.25) is 0 Å². The standard InChI is InChI=1S/C23H26ClFN4O5S2/c1-23(2,3)21-27-20(12-35-21)29(22(30)31)36(32,33)19-10-14(24)18(11-15(19)25)34-17-7-5-6-13(17)16-8-9-26-28(16)4/h8-13,17H,5-7H2,1-4H3,(H,30,31)/t13-,17+/m1/s1. The number of carboxylic acid groups (broad SMARTS) is 1. The zero-order chi connectivity index (χ0) is 26.4. The summed E-state index contributed by atoms with van der Waals surface area (Å²) < 4.78 is 49.6. The molecule has 0 aliphatic heterocycles. The number of anilines is 1. The first-order chi connectivity index (χ1) is 16.8. The minimum Gasteiger partial charge on any atom is -0.488 e. The Morgan fingerprint density at radius 2 is 2.06 bits per heavy atom. The van der Waals surface area contributed by atoms with Crippen molar-refractivity contribution in [1.82, 2.24) is 14.8 Å². The molecule has 36 heavy (non-hydrogen) atoms. The van der Waals surface area contributed by atoms with Crippen molar-refractivity contribution in [2.45, 2.75) is 62.4 Å². The lowest BCUT2D eigenvalue weighted by atomic mass is 9.98. The number of hydrogen-bond donors (Lipinski definition) is 1. The molecule has 2 heterocycles. The minimum absolute atomic E-state index is 0.0160. The SMILES string of the molecule is Cn1nccc1[C@H]1CCC[C@@H]1Oc1cc(F)c(S(=O)(=O)N(C(=O)O)c2csc(C(C)(C)C)n2)cc1Cl. The van der Waals surface area contributed by atoms with Gasteiger partial charge in [0.25, 0.3) is 10.0 Å². The van der Waals surface area contributed by atoms with Gasteiger partial charge in [0, 0.05) is 41.7 Å². The van der Waals surface area contributed by atoms with Gasteiger partial charge >= 0.3 is 6.09 Å². The van der Waals surface area contributed by atoms with E-state index in [-0.39, 0.29) is 32.9 Å². The van der Waals surface area contributed by atoms with Crippen molar-refractivity contribution in [3.8, 4) is 5.75 Å². The fourth-order valence-electron chi connectivity index (χ4n) is 4.24. The smallest absolute Gasteiger partial charge is 0.427 e. The second-order valence-corrected chi connectivity index (χ2v) is 12.6. The van der Waals surface area contributed by atoms with E-state index in [1.54, 1.807) is 10.9 Å². The fraction of sp³-hybridized carbons (Fsp3) is 0.435. The van der Waals surface area contributed by atoms with Crippen LogP contribution in [0, 0.1) is 5.82 Å². The molecule has 0 unspecified atom stereocenters. The molecule has 2 aromatic heterocycles. The Balaban J connectivity index is 1.66. The zero-order valence-corrected chi connectivity index (χ0v) is 22.5. The highest BCUT2D eigenvalue weighted by molar-refractivity contribution is 7.93. The third kappa shape index (κ3) is 4.94. The molecule has 0 spiro atoms. The number of ether oxygens (including phenoxy) is 1. The van der Waals surface area contributed by atoms with E-state index in [1.165, 1.54) is 5.38 Å². The molecule has 1 N–H and O–H groups in total. The van der Waals surface area contributed by atoms with Gasteiger partial charge in [0.1, 0.15) is 27.6 Å². The summed E-state index contributed by atoms with van der Waals surface area (Å²) in [7, 11) is -3.05. The van der Waals surface area contributed by atoms with Crippen LogP contribution in [0.1, 0.15) is 56.7 Å². The van der Waals surface area contributed by atoms with Gasteiger partial charge in [-0.15, -0.1) is 15.6 Å². The molecular weight excluding hydrogens is 531 g/mol. The molecule has 0 radical (unpaired) electrons. The van der Waals surface area contributed by atoms with E-state index < -0.39 is 32.2 Å². The van der Waals surface area contributed by atoms with Crippen molar-refractivity contribution in [2.24, 2.45) is 7.05 Å². The Labute approximate surface area is 217 Å². The largest absolute Gasteiger partial charge is 0.488 e. The summed E-state index contributed by atoms with van der Waals surface area (Å²) in [5, 5.41) is 15.6. The normalized spacial score (nSPS) is 18.4. The summed E-state index contributed by atoms with van der Waals surface area (Å²) in [4.78, 5) is 15.3. The van der Waals surface area contributed by atoms with E-state index in [9.17, 15) is 18.3 Å². The average molecular weight is 557 g/mol. The maximum Gasteiger partial charge on any atom is 0.427 e. The predicted molar refractivity (Wildman–Crippen MR) is 134 cm³/mol. The number of sulfonamides is 1. The Morgan fingerprint density at radius 1 is 1.33 bits per heavy atom. The number of aromatic nitrogens is 3. The molecule has 9 nitrogen and oxygen atoms in total. The van der Waals surface area contributed by atoms with E-state index in [1.807, 2.05) is 33.9 Å². The topological polar surface area (TPSA) is 115 Å². The van der Waals surface area contributed by atoms with E-state index in [4.69, 9.17) is 16.3 Å². The number of aryl methyl sites for hydroxylation is 1. The molecule has 194 valence electrons. The third-order valence-corrected chi connectivity index (χ3v) is 9.23. The Bertz CT molecular complexity index is 1400. The Kier molecular flexibility index (Phi) is 7.06. The van der Waals surface area contributed by atoms with Crippen LogP contribution in [0.2, 0.25) is 5.02 Å². The molecule has 1 aliphatic rings. The van der Waals surface area contributed by atoms with Gasteiger partial charge in [-0.3, -0.25) is 4.68 Å². The lowest BCUT2D eigenvalue weighted by molar-refractivity contribution is 0.186. The van der Waals surface area contributed by atoms with Gasteiger partial charge in [0.15, 0.2) is 5.82 Å². The van der Waals surface area contributed by atoms with Crippen LogP contribution in [0.5, 0.6) is 5.75 Å². The molecule has 0 saturated heterocycles. The molecule has 1 fully saturated rings. The van der Waals surface area contributed by atoms with Gasteiger partial charge in [0.05, 0.1) is 5.02 Å². The second kappa shape index (κ2) is 9.64. The first kappa shape index (κ1) is 26.4. The lowest BCUT2D eigenvalue weighted by Crippen LogP contribution is -2.36. The number of nitrogens with zero attached hydrogens (tertiary/aromatic N) is 4. The van der Waals surface area contributed by atoms with E-state index >= 15 is 4.39 Å². The van der Waals surface area contributed by atoms with Crippen molar-refractivity contribution < 1.29 is 27.4 Å². The number of carbonyl (C=O) groups is 1. The summed E-state index contributed by atoms with van der Waals surface area (Å²) in [6, 6.07) is 3.66. The predicted octanol–water partition coefficient (Wildman–Crippen LogP) is 5.56. The number of halogens is 2. The number of benzene rings is 1. The summed E-state index contributed by atoms with van der Waals surface area (Å²) in [5.41, 5.74) is 0.543. The fourth-order valence-corrected chi connectivity index (χ4v) is 6.77. The number of rotatable bonds is 6. The highest BCUT2D eigenvalue weighted by atomic mass is 35.5. The van der Waals surface area contributed by atoms with Crippen LogP contribution < -0.4 is 9.04 Å². The summed E-state index contributed by atoms with van der Waals surface area (Å²) in [6.45, 7) is 5.57. The molecule has 1 aliphatic carbocycles. The average Bonchev–Trinajstić information content (AvgIpc) is 3.51. The molecule has 1 aromatic carbocycles.